The second-order valence-corrected chi connectivity index (χ2v) is 6.38. The monoisotopic (exact) mass is 234 g/mol. The zero-order valence-corrected chi connectivity index (χ0v) is 11.0. The molecule has 0 saturated heterocycles. The molecule has 0 spiro atoms. The molecule has 0 unspecified atom stereocenters. The predicted molar refractivity (Wildman–Crippen MR) is 66.7 cm³/mol. The number of thiazole rings is 1. The molecule has 0 amide bonds. The average Bonchev–Trinajstić information content (AvgIpc) is 2.86. The number of rotatable bonds is 2. The summed E-state index contributed by atoms with van der Waals surface area (Å²) in [6.45, 7) is 6.04. The van der Waals surface area contributed by atoms with Crippen LogP contribution in [0.4, 0.5) is 0 Å². The third-order valence-electron chi connectivity index (χ3n) is 3.39. The first-order valence-corrected chi connectivity index (χ1v) is 6.75. The number of aryl methyl sites for hydroxylation is 1. The molecule has 16 heavy (non-hydrogen) atoms. The molecule has 3 heteroatoms. The third kappa shape index (κ3) is 1.99. The second-order valence-electron chi connectivity index (χ2n) is 5.18. The van der Waals surface area contributed by atoms with Crippen molar-refractivity contribution in [2.24, 2.45) is 0 Å². The Morgan fingerprint density at radius 3 is 2.56 bits per heavy atom. The van der Waals surface area contributed by atoms with Gasteiger partial charge in [0.25, 0.3) is 0 Å². The maximum Gasteiger partial charge on any atom is 0.113 e. The number of nitrogens with zero attached hydrogens (tertiary/aromatic N) is 2. The topological polar surface area (TPSA) is 36.7 Å². The van der Waals surface area contributed by atoms with Crippen molar-refractivity contribution in [1.29, 1.82) is 5.26 Å². The summed E-state index contributed by atoms with van der Waals surface area (Å²) < 4.78 is 0. The Hall–Kier alpha value is -0.880. The second kappa shape index (κ2) is 4.18. The highest BCUT2D eigenvalue weighted by atomic mass is 32.1. The van der Waals surface area contributed by atoms with E-state index in [2.05, 4.69) is 13.0 Å². The fourth-order valence-corrected chi connectivity index (χ4v) is 3.35. The molecule has 1 aliphatic rings. The van der Waals surface area contributed by atoms with E-state index in [0.717, 1.165) is 5.01 Å². The standard InChI is InChI=1S/C13H18N2S/c1-9-11(10-6-4-5-7-10)15-12(16-9)13(2,3)8-14/h10H,4-7H2,1-3H3. The van der Waals surface area contributed by atoms with Crippen LogP contribution < -0.4 is 0 Å². The average molecular weight is 234 g/mol. The van der Waals surface area contributed by atoms with Crippen LogP contribution in [0.25, 0.3) is 0 Å². The summed E-state index contributed by atoms with van der Waals surface area (Å²) in [5, 5.41) is 10.1. The van der Waals surface area contributed by atoms with E-state index in [1.54, 1.807) is 11.3 Å². The zero-order chi connectivity index (χ0) is 11.8. The summed E-state index contributed by atoms with van der Waals surface area (Å²) in [5.41, 5.74) is 0.826. The molecule has 0 bridgehead atoms. The Morgan fingerprint density at radius 1 is 1.38 bits per heavy atom. The number of nitriles is 1. The lowest BCUT2D eigenvalue weighted by molar-refractivity contribution is 0.652. The highest BCUT2D eigenvalue weighted by Crippen LogP contribution is 2.39. The van der Waals surface area contributed by atoms with Crippen LogP contribution in [-0.4, -0.2) is 4.98 Å². The molecule has 1 aromatic rings. The number of aromatic nitrogens is 1. The van der Waals surface area contributed by atoms with Crippen LogP contribution in [0, 0.1) is 18.3 Å². The van der Waals surface area contributed by atoms with Gasteiger partial charge in [0.1, 0.15) is 10.4 Å². The molecule has 1 fully saturated rings. The number of hydrogen-bond donors (Lipinski definition) is 0. The lowest BCUT2D eigenvalue weighted by Crippen LogP contribution is -2.13. The Bertz CT molecular complexity index is 420. The van der Waals surface area contributed by atoms with Crippen LogP contribution in [0.1, 0.15) is 61.0 Å². The summed E-state index contributed by atoms with van der Waals surface area (Å²) in [5.74, 6) is 0.652. The van der Waals surface area contributed by atoms with E-state index >= 15 is 0 Å². The maximum absolute atomic E-state index is 9.13. The molecule has 86 valence electrons. The van der Waals surface area contributed by atoms with Crippen molar-refractivity contribution >= 4 is 11.3 Å². The van der Waals surface area contributed by atoms with Gasteiger partial charge in [-0.2, -0.15) is 5.26 Å². The van der Waals surface area contributed by atoms with Crippen molar-refractivity contribution in [1.82, 2.24) is 4.98 Å². The van der Waals surface area contributed by atoms with Gasteiger partial charge in [0, 0.05) is 10.8 Å². The van der Waals surface area contributed by atoms with E-state index in [4.69, 9.17) is 10.2 Å². The minimum atomic E-state index is -0.438. The molecule has 1 saturated carbocycles. The van der Waals surface area contributed by atoms with E-state index in [1.807, 2.05) is 13.8 Å². The van der Waals surface area contributed by atoms with E-state index in [0.29, 0.717) is 5.92 Å². The van der Waals surface area contributed by atoms with Gasteiger partial charge in [-0.15, -0.1) is 11.3 Å². The molecule has 0 aliphatic heterocycles. The Kier molecular flexibility index (Phi) is 3.03. The minimum Gasteiger partial charge on any atom is -0.244 e. The largest absolute Gasteiger partial charge is 0.244 e. The molecule has 0 atom stereocenters. The predicted octanol–water partition coefficient (Wildman–Crippen LogP) is 3.91. The highest BCUT2D eigenvalue weighted by Gasteiger charge is 2.28. The van der Waals surface area contributed by atoms with E-state index < -0.39 is 5.41 Å². The lowest BCUT2D eigenvalue weighted by atomic mass is 9.97. The number of hydrogen-bond acceptors (Lipinski definition) is 3. The molecule has 1 aliphatic carbocycles. The van der Waals surface area contributed by atoms with Gasteiger partial charge in [0.05, 0.1) is 11.8 Å². The smallest absolute Gasteiger partial charge is 0.113 e. The fourth-order valence-electron chi connectivity index (χ4n) is 2.30. The van der Waals surface area contributed by atoms with Gasteiger partial charge in [-0.05, 0) is 33.6 Å². The van der Waals surface area contributed by atoms with Crippen LogP contribution in [-0.2, 0) is 5.41 Å². The minimum absolute atomic E-state index is 0.438. The quantitative estimate of drug-likeness (QED) is 0.778. The summed E-state index contributed by atoms with van der Waals surface area (Å²) in [6.07, 6.45) is 5.21. The van der Waals surface area contributed by atoms with Gasteiger partial charge in [-0.1, -0.05) is 12.8 Å². The summed E-state index contributed by atoms with van der Waals surface area (Å²) in [4.78, 5) is 6.04. The molecule has 2 nitrogen and oxygen atoms in total. The Morgan fingerprint density at radius 2 is 2.00 bits per heavy atom. The van der Waals surface area contributed by atoms with Gasteiger partial charge >= 0.3 is 0 Å². The molecular formula is C13H18N2S. The molecule has 1 heterocycles. The molecule has 1 aromatic heterocycles. The van der Waals surface area contributed by atoms with Crippen molar-refractivity contribution in [3.05, 3.63) is 15.6 Å². The summed E-state index contributed by atoms with van der Waals surface area (Å²) >= 11 is 1.70. The molecule has 2 rings (SSSR count). The van der Waals surface area contributed by atoms with Gasteiger partial charge in [-0.3, -0.25) is 0 Å². The molecular weight excluding hydrogens is 216 g/mol. The normalized spacial score (nSPS) is 17.6. The van der Waals surface area contributed by atoms with Crippen molar-refractivity contribution < 1.29 is 0 Å². The zero-order valence-electron chi connectivity index (χ0n) is 10.2. The first-order valence-electron chi connectivity index (χ1n) is 5.93. The summed E-state index contributed by atoms with van der Waals surface area (Å²) in [6, 6.07) is 2.34. The van der Waals surface area contributed by atoms with Gasteiger partial charge < -0.3 is 0 Å². The van der Waals surface area contributed by atoms with Crippen molar-refractivity contribution in [2.45, 2.75) is 57.8 Å². The van der Waals surface area contributed by atoms with Crippen molar-refractivity contribution in [2.75, 3.05) is 0 Å². The van der Waals surface area contributed by atoms with Crippen LogP contribution in [0.3, 0.4) is 0 Å². The molecule has 0 radical (unpaired) electrons. The van der Waals surface area contributed by atoms with Crippen molar-refractivity contribution in [3.8, 4) is 6.07 Å². The van der Waals surface area contributed by atoms with Gasteiger partial charge in [0.15, 0.2) is 0 Å². The van der Waals surface area contributed by atoms with Gasteiger partial charge in [-0.25, -0.2) is 4.98 Å². The van der Waals surface area contributed by atoms with E-state index in [1.165, 1.54) is 36.3 Å². The van der Waals surface area contributed by atoms with Crippen LogP contribution in [0.2, 0.25) is 0 Å². The van der Waals surface area contributed by atoms with Crippen LogP contribution in [0.5, 0.6) is 0 Å². The molecule has 0 N–H and O–H groups in total. The van der Waals surface area contributed by atoms with E-state index in [-0.39, 0.29) is 0 Å². The lowest BCUT2D eigenvalue weighted by Gasteiger charge is -2.10. The van der Waals surface area contributed by atoms with Crippen molar-refractivity contribution in [3.63, 3.8) is 0 Å². The SMILES string of the molecule is Cc1sc(C(C)(C)C#N)nc1C1CCCC1. The maximum atomic E-state index is 9.13. The third-order valence-corrected chi connectivity index (χ3v) is 4.70. The Labute approximate surface area is 101 Å². The summed E-state index contributed by atoms with van der Waals surface area (Å²) in [7, 11) is 0. The van der Waals surface area contributed by atoms with Crippen LogP contribution in [0.15, 0.2) is 0 Å². The van der Waals surface area contributed by atoms with E-state index in [9.17, 15) is 0 Å². The first-order chi connectivity index (χ1) is 7.54. The fraction of sp³-hybridized carbons (Fsp3) is 0.692. The van der Waals surface area contributed by atoms with Crippen LogP contribution >= 0.6 is 11.3 Å². The first kappa shape index (κ1) is 11.6. The van der Waals surface area contributed by atoms with Gasteiger partial charge in [0.2, 0.25) is 0 Å². The molecule has 0 aromatic carbocycles. The Balaban J connectivity index is 2.32. The highest BCUT2D eigenvalue weighted by molar-refractivity contribution is 7.11.